The Morgan fingerprint density at radius 1 is 1.35 bits per heavy atom. The molecule has 0 bridgehead atoms. The lowest BCUT2D eigenvalue weighted by molar-refractivity contribution is 0.0789. The summed E-state index contributed by atoms with van der Waals surface area (Å²) in [5.74, 6) is 0.0601. The van der Waals surface area contributed by atoms with Crippen molar-refractivity contribution in [3.63, 3.8) is 0 Å². The molecule has 1 aliphatic heterocycles. The fraction of sp³-hybridized carbons (Fsp3) is 0.333. The Labute approximate surface area is 118 Å². The maximum atomic E-state index is 12.4. The van der Waals surface area contributed by atoms with E-state index in [1.165, 1.54) is 0 Å². The lowest BCUT2D eigenvalue weighted by Gasteiger charge is -2.15. The van der Waals surface area contributed by atoms with Crippen molar-refractivity contribution in [3.05, 3.63) is 48.3 Å². The molecule has 2 heterocycles. The molecule has 1 N–H and O–H groups in total. The van der Waals surface area contributed by atoms with Crippen LogP contribution in [0.3, 0.4) is 0 Å². The van der Waals surface area contributed by atoms with Crippen LogP contribution in [0.5, 0.6) is 0 Å². The van der Waals surface area contributed by atoms with Crippen molar-refractivity contribution in [2.45, 2.75) is 12.5 Å². The van der Waals surface area contributed by atoms with E-state index in [1.807, 2.05) is 42.3 Å². The highest BCUT2D eigenvalue weighted by Gasteiger charge is 2.26. The highest BCUT2D eigenvalue weighted by molar-refractivity contribution is 5.94. The molecule has 0 saturated carbocycles. The lowest BCUT2D eigenvalue weighted by atomic mass is 10.3. The van der Waals surface area contributed by atoms with Gasteiger partial charge in [-0.2, -0.15) is 5.10 Å². The number of nitrogens with zero attached hydrogens (tertiary/aromatic N) is 3. The Bertz CT molecular complexity index is 593. The number of aromatic nitrogens is 2. The minimum atomic E-state index is 0.0601. The van der Waals surface area contributed by atoms with Gasteiger partial charge in [-0.3, -0.25) is 4.79 Å². The van der Waals surface area contributed by atoms with E-state index >= 15 is 0 Å². The summed E-state index contributed by atoms with van der Waals surface area (Å²) in [6.45, 7) is 1.58. The summed E-state index contributed by atoms with van der Waals surface area (Å²) >= 11 is 0. The number of nitrogens with one attached hydrogen (secondary N) is 1. The third-order valence-corrected chi connectivity index (χ3v) is 3.73. The average Bonchev–Trinajstić information content (AvgIpc) is 3.17. The number of carbonyl (C=O) groups excluding carboxylic acids is 1. The van der Waals surface area contributed by atoms with E-state index in [1.54, 1.807) is 17.1 Å². The average molecular weight is 270 g/mol. The minimum Gasteiger partial charge on any atom is -0.337 e. The van der Waals surface area contributed by atoms with Gasteiger partial charge in [-0.25, -0.2) is 4.68 Å². The van der Waals surface area contributed by atoms with Crippen molar-refractivity contribution in [2.75, 3.05) is 20.1 Å². The van der Waals surface area contributed by atoms with Gasteiger partial charge in [0.15, 0.2) is 0 Å². The first-order chi connectivity index (χ1) is 9.78. The molecule has 1 aromatic carbocycles. The second-order valence-corrected chi connectivity index (χ2v) is 5.03. The topological polar surface area (TPSA) is 50.2 Å². The summed E-state index contributed by atoms with van der Waals surface area (Å²) in [6.07, 6.45) is 4.45. The van der Waals surface area contributed by atoms with Crippen molar-refractivity contribution >= 4 is 5.91 Å². The van der Waals surface area contributed by atoms with E-state index in [0.717, 1.165) is 25.2 Å². The van der Waals surface area contributed by atoms with Crippen LogP contribution in [0.15, 0.2) is 42.7 Å². The summed E-state index contributed by atoms with van der Waals surface area (Å²) in [4.78, 5) is 14.3. The Morgan fingerprint density at radius 2 is 2.15 bits per heavy atom. The van der Waals surface area contributed by atoms with Crippen molar-refractivity contribution < 1.29 is 4.79 Å². The smallest absolute Gasteiger partial charge is 0.257 e. The van der Waals surface area contributed by atoms with E-state index in [9.17, 15) is 4.79 Å². The lowest BCUT2D eigenvalue weighted by Crippen LogP contribution is -2.33. The molecule has 3 rings (SSSR count). The zero-order chi connectivity index (χ0) is 13.9. The molecule has 1 unspecified atom stereocenters. The number of likely N-dealkylation sites (tertiary alicyclic amines) is 1. The fourth-order valence-corrected chi connectivity index (χ4v) is 2.52. The number of carbonyl (C=O) groups is 1. The van der Waals surface area contributed by atoms with Gasteiger partial charge in [0.05, 0.1) is 17.4 Å². The molecule has 1 fully saturated rings. The molecule has 20 heavy (non-hydrogen) atoms. The van der Waals surface area contributed by atoms with Crippen molar-refractivity contribution in [1.29, 1.82) is 0 Å². The molecule has 5 nitrogen and oxygen atoms in total. The van der Waals surface area contributed by atoms with Gasteiger partial charge >= 0.3 is 0 Å². The Hall–Kier alpha value is -2.14. The summed E-state index contributed by atoms with van der Waals surface area (Å²) in [6, 6.07) is 10.2. The standard InChI is InChI=1S/C15H18N4O/c1-16-13-7-8-18(11-13)15(20)12-9-17-19(10-12)14-5-3-2-4-6-14/h2-6,9-10,13,16H,7-8,11H2,1H3. The van der Waals surface area contributed by atoms with Crippen LogP contribution in [0.2, 0.25) is 0 Å². The molecule has 2 aromatic rings. The molecule has 104 valence electrons. The van der Waals surface area contributed by atoms with E-state index in [4.69, 9.17) is 0 Å². The number of hydrogen-bond acceptors (Lipinski definition) is 3. The first-order valence-corrected chi connectivity index (χ1v) is 6.84. The second-order valence-electron chi connectivity index (χ2n) is 5.03. The maximum absolute atomic E-state index is 12.4. The first kappa shape index (κ1) is 12.9. The zero-order valence-electron chi connectivity index (χ0n) is 11.5. The third kappa shape index (κ3) is 2.44. The minimum absolute atomic E-state index is 0.0601. The number of amides is 1. The van der Waals surface area contributed by atoms with E-state index in [2.05, 4.69) is 10.4 Å². The van der Waals surface area contributed by atoms with Gasteiger partial charge in [-0.05, 0) is 25.6 Å². The van der Waals surface area contributed by atoms with Gasteiger partial charge in [0.2, 0.25) is 0 Å². The van der Waals surface area contributed by atoms with Crippen LogP contribution in [-0.4, -0.2) is 46.8 Å². The Balaban J connectivity index is 1.76. The number of likely N-dealkylation sites (N-methyl/N-ethyl adjacent to an activating group) is 1. The van der Waals surface area contributed by atoms with Crippen LogP contribution in [0.4, 0.5) is 0 Å². The van der Waals surface area contributed by atoms with Gasteiger partial charge < -0.3 is 10.2 Å². The molecule has 1 amide bonds. The summed E-state index contributed by atoms with van der Waals surface area (Å²) in [7, 11) is 1.94. The third-order valence-electron chi connectivity index (χ3n) is 3.73. The van der Waals surface area contributed by atoms with Crippen molar-refractivity contribution in [2.24, 2.45) is 0 Å². The zero-order valence-corrected chi connectivity index (χ0v) is 11.5. The summed E-state index contributed by atoms with van der Waals surface area (Å²) < 4.78 is 1.73. The van der Waals surface area contributed by atoms with Crippen LogP contribution < -0.4 is 5.32 Å². The normalized spacial score (nSPS) is 18.4. The summed E-state index contributed by atoms with van der Waals surface area (Å²) in [5, 5.41) is 7.49. The van der Waals surface area contributed by atoms with Crippen molar-refractivity contribution in [3.8, 4) is 5.69 Å². The van der Waals surface area contributed by atoms with Gasteiger partial charge in [-0.1, -0.05) is 18.2 Å². The van der Waals surface area contributed by atoms with E-state index in [0.29, 0.717) is 11.6 Å². The van der Waals surface area contributed by atoms with Gasteiger partial charge in [0.1, 0.15) is 0 Å². The first-order valence-electron chi connectivity index (χ1n) is 6.84. The molecule has 1 aromatic heterocycles. The largest absolute Gasteiger partial charge is 0.337 e. The van der Waals surface area contributed by atoms with Crippen LogP contribution in [0.25, 0.3) is 5.69 Å². The number of rotatable bonds is 3. The van der Waals surface area contributed by atoms with Crippen molar-refractivity contribution in [1.82, 2.24) is 20.0 Å². The monoisotopic (exact) mass is 270 g/mol. The van der Waals surface area contributed by atoms with Gasteiger partial charge in [-0.15, -0.1) is 0 Å². The van der Waals surface area contributed by atoms with E-state index in [-0.39, 0.29) is 5.91 Å². The van der Waals surface area contributed by atoms with Crippen LogP contribution >= 0.6 is 0 Å². The Kier molecular flexibility index (Phi) is 3.52. The SMILES string of the molecule is CNC1CCN(C(=O)c2cnn(-c3ccccc3)c2)C1. The second kappa shape index (κ2) is 5.46. The Morgan fingerprint density at radius 3 is 2.85 bits per heavy atom. The molecule has 5 heteroatoms. The molecule has 1 atom stereocenters. The van der Waals surface area contributed by atoms with Crippen LogP contribution in [0.1, 0.15) is 16.8 Å². The quantitative estimate of drug-likeness (QED) is 0.915. The molecule has 0 aliphatic carbocycles. The van der Waals surface area contributed by atoms with E-state index < -0.39 is 0 Å². The maximum Gasteiger partial charge on any atom is 0.257 e. The predicted molar refractivity (Wildman–Crippen MR) is 76.9 cm³/mol. The molecule has 0 radical (unpaired) electrons. The molecule has 0 spiro atoms. The summed E-state index contributed by atoms with van der Waals surface area (Å²) in [5.41, 5.74) is 1.60. The highest BCUT2D eigenvalue weighted by atomic mass is 16.2. The molecule has 1 aliphatic rings. The molecule has 1 saturated heterocycles. The molecular formula is C15H18N4O. The van der Waals surface area contributed by atoms with Gasteiger partial charge in [0.25, 0.3) is 5.91 Å². The fourth-order valence-electron chi connectivity index (χ4n) is 2.52. The van der Waals surface area contributed by atoms with Gasteiger partial charge in [0, 0.05) is 25.3 Å². The molecular weight excluding hydrogens is 252 g/mol. The number of para-hydroxylation sites is 1. The predicted octanol–water partition coefficient (Wildman–Crippen LogP) is 1.31. The highest BCUT2D eigenvalue weighted by Crippen LogP contribution is 2.14. The number of benzene rings is 1. The van der Waals surface area contributed by atoms with Crippen LogP contribution in [-0.2, 0) is 0 Å². The number of hydrogen-bond donors (Lipinski definition) is 1. The van der Waals surface area contributed by atoms with Crippen LogP contribution in [0, 0.1) is 0 Å².